The Labute approximate surface area is 170 Å². The van der Waals surface area contributed by atoms with Crippen LogP contribution in [0.1, 0.15) is 65.0 Å². The van der Waals surface area contributed by atoms with E-state index in [2.05, 4.69) is 86.6 Å². The van der Waals surface area contributed by atoms with E-state index in [-0.39, 0.29) is 0 Å². The van der Waals surface area contributed by atoms with Crippen molar-refractivity contribution < 1.29 is 0 Å². The van der Waals surface area contributed by atoms with E-state index in [4.69, 9.17) is 0 Å². The van der Waals surface area contributed by atoms with Gasteiger partial charge in [-0.05, 0) is 86.5 Å². The van der Waals surface area contributed by atoms with E-state index in [9.17, 15) is 0 Å². The van der Waals surface area contributed by atoms with E-state index in [1.54, 1.807) is 5.56 Å². The zero-order chi connectivity index (χ0) is 19.3. The van der Waals surface area contributed by atoms with Gasteiger partial charge in [0, 0.05) is 0 Å². The molecule has 0 nitrogen and oxygen atoms in total. The molecule has 0 aliphatic heterocycles. The summed E-state index contributed by atoms with van der Waals surface area (Å²) >= 11 is 0. The average molecular weight is 369 g/mol. The molecule has 0 unspecified atom stereocenters. The van der Waals surface area contributed by atoms with Gasteiger partial charge >= 0.3 is 0 Å². The fourth-order valence-corrected chi connectivity index (χ4v) is 4.61. The first kappa shape index (κ1) is 19.0. The lowest BCUT2D eigenvalue weighted by molar-refractivity contribution is 0.324. The standard InChI is InChI=1S/C28H32/c1-21-3-7-23(8-4-21)19-25-11-15-27(16-12-25)28-17-13-26(14-18-28)20-24-9-5-22(2)6-10-24/h3-12,15-16,26,28H,13-14,17-20H2,1-2H3. The van der Waals surface area contributed by atoms with Gasteiger partial charge in [0.15, 0.2) is 0 Å². The van der Waals surface area contributed by atoms with E-state index < -0.39 is 0 Å². The smallest absolute Gasteiger partial charge is 0.00258 e. The van der Waals surface area contributed by atoms with Crippen molar-refractivity contribution in [2.75, 3.05) is 0 Å². The van der Waals surface area contributed by atoms with E-state index in [1.165, 1.54) is 59.9 Å². The van der Waals surface area contributed by atoms with Gasteiger partial charge in [-0.15, -0.1) is 0 Å². The van der Waals surface area contributed by atoms with Crippen molar-refractivity contribution in [1.29, 1.82) is 0 Å². The van der Waals surface area contributed by atoms with Gasteiger partial charge in [0.25, 0.3) is 0 Å². The molecule has 4 rings (SSSR count). The highest BCUT2D eigenvalue weighted by Crippen LogP contribution is 2.37. The minimum atomic E-state index is 0.752. The van der Waals surface area contributed by atoms with Crippen LogP contribution in [0.25, 0.3) is 0 Å². The van der Waals surface area contributed by atoms with Gasteiger partial charge in [-0.2, -0.15) is 0 Å². The van der Waals surface area contributed by atoms with E-state index in [1.807, 2.05) is 0 Å². The van der Waals surface area contributed by atoms with Crippen LogP contribution in [0.4, 0.5) is 0 Å². The molecule has 28 heavy (non-hydrogen) atoms. The maximum Gasteiger partial charge on any atom is -0.00258 e. The molecule has 0 radical (unpaired) electrons. The summed E-state index contributed by atoms with van der Waals surface area (Å²) in [5, 5.41) is 0. The maximum atomic E-state index is 2.38. The molecule has 0 spiro atoms. The van der Waals surface area contributed by atoms with Crippen molar-refractivity contribution in [2.45, 2.75) is 58.3 Å². The quantitative estimate of drug-likeness (QED) is 0.440. The highest BCUT2D eigenvalue weighted by Gasteiger charge is 2.22. The van der Waals surface area contributed by atoms with Crippen LogP contribution >= 0.6 is 0 Å². The largest absolute Gasteiger partial charge is 0.0591 e. The van der Waals surface area contributed by atoms with Crippen LogP contribution in [0.2, 0.25) is 0 Å². The molecule has 3 aromatic carbocycles. The van der Waals surface area contributed by atoms with Crippen LogP contribution in [-0.2, 0) is 12.8 Å². The molecule has 0 heterocycles. The fraction of sp³-hybridized carbons (Fsp3) is 0.357. The Balaban J connectivity index is 1.30. The predicted molar refractivity (Wildman–Crippen MR) is 120 cm³/mol. The van der Waals surface area contributed by atoms with Gasteiger partial charge in [-0.1, -0.05) is 83.9 Å². The van der Waals surface area contributed by atoms with E-state index >= 15 is 0 Å². The third-order valence-corrected chi connectivity index (χ3v) is 6.47. The second-order valence-electron chi connectivity index (χ2n) is 8.81. The van der Waals surface area contributed by atoms with Crippen molar-refractivity contribution in [1.82, 2.24) is 0 Å². The van der Waals surface area contributed by atoms with E-state index in [0.717, 1.165) is 18.3 Å². The molecule has 0 atom stereocenters. The Bertz CT molecular complexity index is 861. The van der Waals surface area contributed by atoms with Gasteiger partial charge in [-0.25, -0.2) is 0 Å². The first-order valence-corrected chi connectivity index (χ1v) is 10.9. The average Bonchev–Trinajstić information content (AvgIpc) is 2.73. The van der Waals surface area contributed by atoms with Crippen molar-refractivity contribution in [2.24, 2.45) is 5.92 Å². The molecule has 0 saturated heterocycles. The zero-order valence-electron chi connectivity index (χ0n) is 17.3. The van der Waals surface area contributed by atoms with Crippen molar-refractivity contribution >= 4 is 0 Å². The Morgan fingerprint density at radius 3 is 1.57 bits per heavy atom. The Hall–Kier alpha value is -2.34. The SMILES string of the molecule is Cc1ccc(Cc2ccc(C3CCC(Cc4ccc(C)cc4)CC3)cc2)cc1. The van der Waals surface area contributed by atoms with Gasteiger partial charge in [-0.3, -0.25) is 0 Å². The summed E-state index contributed by atoms with van der Waals surface area (Å²) in [6.45, 7) is 4.31. The molecular weight excluding hydrogens is 336 g/mol. The van der Waals surface area contributed by atoms with E-state index in [0.29, 0.717) is 0 Å². The number of hydrogen-bond acceptors (Lipinski definition) is 0. The number of hydrogen-bond donors (Lipinski definition) is 0. The van der Waals surface area contributed by atoms with Gasteiger partial charge in [0.1, 0.15) is 0 Å². The molecule has 3 aromatic rings. The highest BCUT2D eigenvalue weighted by molar-refractivity contribution is 5.31. The second-order valence-corrected chi connectivity index (χ2v) is 8.81. The molecule has 1 aliphatic carbocycles. The third-order valence-electron chi connectivity index (χ3n) is 6.47. The number of rotatable bonds is 5. The van der Waals surface area contributed by atoms with Crippen molar-refractivity contribution in [3.63, 3.8) is 0 Å². The monoisotopic (exact) mass is 368 g/mol. The van der Waals surface area contributed by atoms with Crippen LogP contribution in [0, 0.1) is 19.8 Å². The minimum Gasteiger partial charge on any atom is -0.0591 e. The molecular formula is C28H32. The lowest BCUT2D eigenvalue weighted by Gasteiger charge is -2.29. The van der Waals surface area contributed by atoms with Gasteiger partial charge in [0.2, 0.25) is 0 Å². The Kier molecular flexibility index (Phi) is 5.95. The molecule has 0 aromatic heterocycles. The summed E-state index contributed by atoms with van der Waals surface area (Å²) in [4.78, 5) is 0. The molecule has 0 N–H and O–H groups in total. The summed E-state index contributed by atoms with van der Waals surface area (Å²) in [6.07, 6.45) is 7.70. The number of benzene rings is 3. The lowest BCUT2D eigenvalue weighted by Crippen LogP contribution is -2.15. The topological polar surface area (TPSA) is 0 Å². The zero-order valence-corrected chi connectivity index (χ0v) is 17.3. The summed E-state index contributed by atoms with van der Waals surface area (Å²) in [5.41, 5.74) is 8.56. The minimum absolute atomic E-state index is 0.752. The molecule has 1 fully saturated rings. The Morgan fingerprint density at radius 1 is 0.571 bits per heavy atom. The van der Waals surface area contributed by atoms with Gasteiger partial charge < -0.3 is 0 Å². The normalized spacial score (nSPS) is 19.5. The van der Waals surface area contributed by atoms with Crippen LogP contribution < -0.4 is 0 Å². The fourth-order valence-electron chi connectivity index (χ4n) is 4.61. The van der Waals surface area contributed by atoms with Gasteiger partial charge in [0.05, 0.1) is 0 Å². The molecule has 144 valence electrons. The second kappa shape index (κ2) is 8.78. The predicted octanol–water partition coefficient (Wildman–Crippen LogP) is 7.41. The first-order chi connectivity index (χ1) is 13.7. The molecule has 0 heteroatoms. The van der Waals surface area contributed by atoms with Crippen molar-refractivity contribution in [3.8, 4) is 0 Å². The van der Waals surface area contributed by atoms with Crippen LogP contribution in [0.3, 0.4) is 0 Å². The first-order valence-electron chi connectivity index (χ1n) is 10.9. The van der Waals surface area contributed by atoms with Crippen LogP contribution in [-0.4, -0.2) is 0 Å². The van der Waals surface area contributed by atoms with Crippen LogP contribution in [0.15, 0.2) is 72.8 Å². The third kappa shape index (κ3) is 4.93. The number of aryl methyl sites for hydroxylation is 2. The van der Waals surface area contributed by atoms with Crippen LogP contribution in [0.5, 0.6) is 0 Å². The molecule has 0 bridgehead atoms. The molecule has 1 aliphatic rings. The summed E-state index contributed by atoms with van der Waals surface area (Å²) in [5.74, 6) is 1.61. The van der Waals surface area contributed by atoms with Crippen molar-refractivity contribution in [3.05, 3.63) is 106 Å². The Morgan fingerprint density at radius 2 is 1.04 bits per heavy atom. The summed E-state index contributed by atoms with van der Waals surface area (Å²) in [6, 6.07) is 27.5. The maximum absolute atomic E-state index is 2.38. The highest BCUT2D eigenvalue weighted by atomic mass is 14.3. The summed E-state index contributed by atoms with van der Waals surface area (Å²) in [7, 11) is 0. The molecule has 1 saturated carbocycles. The lowest BCUT2D eigenvalue weighted by atomic mass is 9.76. The molecule has 0 amide bonds. The summed E-state index contributed by atoms with van der Waals surface area (Å²) < 4.78 is 0.